The summed E-state index contributed by atoms with van der Waals surface area (Å²) in [4.78, 5) is 31.6. The van der Waals surface area contributed by atoms with Crippen LogP contribution in [-0.4, -0.2) is 30.1 Å². The Balaban J connectivity index is 1.39. The van der Waals surface area contributed by atoms with Gasteiger partial charge in [-0.3, -0.25) is 4.79 Å². The highest BCUT2D eigenvalue weighted by Crippen LogP contribution is 2.38. The van der Waals surface area contributed by atoms with Crippen LogP contribution in [0.2, 0.25) is 0 Å². The minimum atomic E-state index is -3.04. The second kappa shape index (κ2) is 10.2. The van der Waals surface area contributed by atoms with Crippen molar-refractivity contribution in [2.24, 2.45) is 0 Å². The summed E-state index contributed by atoms with van der Waals surface area (Å²) in [5.41, 5.74) is 3.69. The lowest BCUT2D eigenvalue weighted by Gasteiger charge is -2.13. The number of nitrogens with one attached hydrogen (secondary N) is 1. The lowest BCUT2D eigenvalue weighted by atomic mass is 10.0. The molecule has 4 aromatic rings. The van der Waals surface area contributed by atoms with Crippen molar-refractivity contribution in [3.63, 3.8) is 0 Å². The van der Waals surface area contributed by atoms with Crippen LogP contribution in [0.15, 0.2) is 66.0 Å². The van der Waals surface area contributed by atoms with Crippen LogP contribution in [0.3, 0.4) is 0 Å². The number of para-hydroxylation sites is 3. The molecule has 2 heterocycles. The fraction of sp³-hybridized carbons (Fsp3) is 0.148. The molecule has 0 aliphatic heterocycles. The van der Waals surface area contributed by atoms with Gasteiger partial charge in [0, 0.05) is 10.3 Å². The Bertz CT molecular complexity index is 1470. The number of amides is 1. The highest BCUT2D eigenvalue weighted by molar-refractivity contribution is 7.10. The summed E-state index contributed by atoms with van der Waals surface area (Å²) in [6.45, 7) is -3.63. The van der Waals surface area contributed by atoms with Gasteiger partial charge < -0.3 is 14.8 Å². The van der Waals surface area contributed by atoms with E-state index in [4.69, 9.17) is 9.72 Å². The fourth-order valence-corrected chi connectivity index (χ4v) is 4.90. The maximum atomic E-state index is 13.2. The molecule has 36 heavy (non-hydrogen) atoms. The van der Waals surface area contributed by atoms with E-state index in [1.165, 1.54) is 18.2 Å². The van der Waals surface area contributed by atoms with E-state index in [0.29, 0.717) is 22.9 Å². The molecule has 9 heteroatoms. The van der Waals surface area contributed by atoms with Gasteiger partial charge in [0.2, 0.25) is 0 Å². The molecular formula is C27H20F2N2O4S. The van der Waals surface area contributed by atoms with Gasteiger partial charge in [-0.25, -0.2) is 9.78 Å². The van der Waals surface area contributed by atoms with Gasteiger partial charge in [0.1, 0.15) is 5.75 Å². The topological polar surface area (TPSA) is 77.5 Å². The number of ether oxygens (including phenoxy) is 2. The number of benzene rings is 2. The minimum absolute atomic E-state index is 0.0532. The zero-order valence-electron chi connectivity index (χ0n) is 18.9. The number of pyridine rings is 1. The summed E-state index contributed by atoms with van der Waals surface area (Å²) in [5.74, 6) is -1.51. The zero-order valence-corrected chi connectivity index (χ0v) is 19.7. The molecule has 2 aromatic carbocycles. The Morgan fingerprint density at radius 3 is 2.67 bits per heavy atom. The molecular weight excluding hydrogens is 486 g/mol. The van der Waals surface area contributed by atoms with Crippen molar-refractivity contribution in [2.45, 2.75) is 19.5 Å². The Labute approximate surface area is 209 Å². The Morgan fingerprint density at radius 2 is 1.86 bits per heavy atom. The van der Waals surface area contributed by atoms with Crippen LogP contribution < -0.4 is 10.1 Å². The first-order valence-electron chi connectivity index (χ1n) is 11.2. The number of carbonyl (C=O) groups is 2. The second-order valence-corrected chi connectivity index (χ2v) is 8.99. The molecule has 5 rings (SSSR count). The normalized spacial score (nSPS) is 13.7. The van der Waals surface area contributed by atoms with Gasteiger partial charge in [-0.2, -0.15) is 8.78 Å². The molecule has 1 aliphatic rings. The van der Waals surface area contributed by atoms with Gasteiger partial charge in [0.05, 0.1) is 22.5 Å². The summed E-state index contributed by atoms with van der Waals surface area (Å²) in [6, 6.07) is 17.1. The first kappa shape index (κ1) is 23.6. The van der Waals surface area contributed by atoms with Crippen LogP contribution in [-0.2, 0) is 16.0 Å². The quantitative estimate of drug-likeness (QED) is 0.303. The maximum absolute atomic E-state index is 13.2. The Hall–Kier alpha value is -4.11. The van der Waals surface area contributed by atoms with Gasteiger partial charge >= 0.3 is 12.6 Å². The number of esters is 1. The molecule has 0 saturated heterocycles. The van der Waals surface area contributed by atoms with Crippen LogP contribution in [0.25, 0.3) is 22.6 Å². The molecule has 1 aliphatic carbocycles. The number of alkyl halides is 2. The van der Waals surface area contributed by atoms with E-state index < -0.39 is 25.1 Å². The third-order valence-electron chi connectivity index (χ3n) is 5.72. The molecule has 6 nitrogen and oxygen atoms in total. The monoisotopic (exact) mass is 506 g/mol. The van der Waals surface area contributed by atoms with Crippen LogP contribution in [0, 0.1) is 0 Å². The van der Waals surface area contributed by atoms with E-state index in [0.717, 1.165) is 28.1 Å². The summed E-state index contributed by atoms with van der Waals surface area (Å²) >= 11 is 1.62. The molecule has 0 radical (unpaired) electrons. The SMILES string of the molecule is O=C(COC(=O)c1c2c(nc3ccccc13)/C(=C/c1cccs1)CC2)Nc1ccccc1OC(F)F. The Morgan fingerprint density at radius 1 is 1.06 bits per heavy atom. The molecule has 0 spiro atoms. The van der Waals surface area contributed by atoms with Crippen molar-refractivity contribution < 1.29 is 27.8 Å². The number of anilines is 1. The minimum Gasteiger partial charge on any atom is -0.452 e. The smallest absolute Gasteiger partial charge is 0.387 e. The third kappa shape index (κ3) is 4.96. The van der Waals surface area contributed by atoms with Crippen molar-refractivity contribution in [3.05, 3.63) is 87.7 Å². The summed E-state index contributed by atoms with van der Waals surface area (Å²) in [5, 5.41) is 5.10. The number of allylic oxidation sites excluding steroid dienone is 1. The van der Waals surface area contributed by atoms with Crippen molar-refractivity contribution in [1.82, 2.24) is 4.98 Å². The molecule has 1 N–H and O–H groups in total. The number of carbonyl (C=O) groups excluding carboxylic acids is 2. The lowest BCUT2D eigenvalue weighted by molar-refractivity contribution is -0.119. The first-order valence-corrected chi connectivity index (χ1v) is 12.0. The molecule has 2 aromatic heterocycles. The van der Waals surface area contributed by atoms with Gasteiger partial charge in [0.25, 0.3) is 5.91 Å². The second-order valence-electron chi connectivity index (χ2n) is 8.02. The third-order valence-corrected chi connectivity index (χ3v) is 6.54. The first-order chi connectivity index (χ1) is 17.5. The predicted molar refractivity (Wildman–Crippen MR) is 134 cm³/mol. The van der Waals surface area contributed by atoms with Crippen LogP contribution in [0.4, 0.5) is 14.5 Å². The number of fused-ring (bicyclic) bond motifs is 2. The fourth-order valence-electron chi connectivity index (χ4n) is 4.22. The number of thiophene rings is 1. The largest absolute Gasteiger partial charge is 0.452 e. The molecule has 0 atom stereocenters. The number of hydrogen-bond donors (Lipinski definition) is 1. The van der Waals surface area contributed by atoms with Gasteiger partial charge in [-0.15, -0.1) is 11.3 Å². The number of nitrogens with zero attached hydrogens (tertiary/aromatic N) is 1. The van der Waals surface area contributed by atoms with E-state index in [9.17, 15) is 18.4 Å². The number of halogens is 2. The van der Waals surface area contributed by atoms with Crippen LogP contribution in [0.1, 0.15) is 32.9 Å². The van der Waals surface area contributed by atoms with Crippen molar-refractivity contribution in [3.8, 4) is 5.75 Å². The summed E-state index contributed by atoms with van der Waals surface area (Å²) in [7, 11) is 0. The molecule has 1 amide bonds. The summed E-state index contributed by atoms with van der Waals surface area (Å²) < 4.78 is 35.1. The van der Waals surface area contributed by atoms with Gasteiger partial charge in [-0.1, -0.05) is 36.4 Å². The predicted octanol–water partition coefficient (Wildman–Crippen LogP) is 6.18. The highest BCUT2D eigenvalue weighted by Gasteiger charge is 2.28. The molecule has 0 bridgehead atoms. The average Bonchev–Trinajstić information content (AvgIpc) is 3.52. The van der Waals surface area contributed by atoms with Crippen molar-refractivity contribution >= 4 is 51.5 Å². The van der Waals surface area contributed by atoms with Crippen molar-refractivity contribution in [2.75, 3.05) is 11.9 Å². The van der Waals surface area contributed by atoms with Crippen molar-refractivity contribution in [1.29, 1.82) is 0 Å². The standard InChI is InChI=1S/C27H20F2N2O4S/c28-27(29)35-22-10-4-3-9-21(22)30-23(32)15-34-26(33)24-18-7-1-2-8-20(18)31-25-16(11-12-19(24)25)14-17-6-5-13-36-17/h1-10,13-14,27H,11-12,15H2,(H,30,32)/b16-14+. The molecule has 0 saturated carbocycles. The van der Waals surface area contributed by atoms with Gasteiger partial charge in [0.15, 0.2) is 6.61 Å². The van der Waals surface area contributed by atoms with E-state index in [2.05, 4.69) is 16.1 Å². The van der Waals surface area contributed by atoms with Crippen LogP contribution in [0.5, 0.6) is 5.75 Å². The van der Waals surface area contributed by atoms with E-state index >= 15 is 0 Å². The number of aromatic nitrogens is 1. The van der Waals surface area contributed by atoms with Crippen LogP contribution >= 0.6 is 11.3 Å². The van der Waals surface area contributed by atoms with Gasteiger partial charge in [-0.05, 0) is 59.7 Å². The summed E-state index contributed by atoms with van der Waals surface area (Å²) in [6.07, 6.45) is 3.44. The number of hydrogen-bond acceptors (Lipinski definition) is 6. The van der Waals surface area contributed by atoms with E-state index in [1.54, 1.807) is 23.5 Å². The molecule has 182 valence electrons. The molecule has 0 fully saturated rings. The number of rotatable bonds is 7. The van der Waals surface area contributed by atoms with E-state index in [1.807, 2.05) is 35.7 Å². The highest BCUT2D eigenvalue weighted by atomic mass is 32.1. The molecule has 0 unspecified atom stereocenters. The maximum Gasteiger partial charge on any atom is 0.387 e. The average molecular weight is 507 g/mol. The Kier molecular flexibility index (Phi) is 6.73. The zero-order chi connectivity index (χ0) is 25.1. The lowest BCUT2D eigenvalue weighted by Crippen LogP contribution is -2.22. The van der Waals surface area contributed by atoms with E-state index in [-0.39, 0.29) is 11.4 Å².